The molecule has 0 radical (unpaired) electrons. The first-order valence-corrected chi connectivity index (χ1v) is 10.5. The summed E-state index contributed by atoms with van der Waals surface area (Å²) in [6.45, 7) is 6.10. The lowest BCUT2D eigenvalue weighted by Crippen LogP contribution is -2.45. The number of aryl methyl sites for hydroxylation is 1. The minimum absolute atomic E-state index is 0.0799. The van der Waals surface area contributed by atoms with Crippen LogP contribution in [0.15, 0.2) is 29.3 Å². The van der Waals surface area contributed by atoms with Crippen LogP contribution >= 0.6 is 11.3 Å². The number of hydrogen-bond donors (Lipinski definition) is 3. The number of piperidine rings is 1. The van der Waals surface area contributed by atoms with Gasteiger partial charge in [-0.05, 0) is 45.4 Å². The van der Waals surface area contributed by atoms with Crippen molar-refractivity contribution >= 4 is 22.2 Å². The largest absolute Gasteiger partial charge is 0.389 e. The fourth-order valence-electron chi connectivity index (χ4n) is 3.80. The van der Waals surface area contributed by atoms with Crippen molar-refractivity contribution in [2.24, 2.45) is 0 Å². The molecule has 1 aliphatic heterocycles. The van der Waals surface area contributed by atoms with Gasteiger partial charge in [0, 0.05) is 36.1 Å². The second-order valence-corrected chi connectivity index (χ2v) is 9.20. The molecule has 1 fully saturated rings. The number of pyridine rings is 1. The molecule has 1 amide bonds. The van der Waals surface area contributed by atoms with Crippen LogP contribution in [0.3, 0.4) is 0 Å². The van der Waals surface area contributed by atoms with Crippen LogP contribution in [-0.4, -0.2) is 49.0 Å². The van der Waals surface area contributed by atoms with E-state index in [9.17, 15) is 14.7 Å². The molecule has 0 saturated carbocycles. The minimum atomic E-state index is -0.696. The standard InChI is InChI=1S/C20H25N5O3S/c1-13-9-25-11-15(23-19(25)29-13)8-21-17(26)16-5-4-14(22-18(16)27)10-24-7-3-6-20(2,28)12-24/h4-5,9,11,28H,3,6-8,10,12H2,1-2H3,(H,21,26)(H,22,27). The van der Waals surface area contributed by atoms with Crippen molar-refractivity contribution in [1.29, 1.82) is 0 Å². The van der Waals surface area contributed by atoms with Crippen LogP contribution in [0.5, 0.6) is 0 Å². The van der Waals surface area contributed by atoms with Gasteiger partial charge in [0.05, 0.1) is 17.8 Å². The summed E-state index contributed by atoms with van der Waals surface area (Å²) in [5.74, 6) is -0.425. The van der Waals surface area contributed by atoms with Crippen molar-refractivity contribution in [3.8, 4) is 0 Å². The maximum Gasteiger partial charge on any atom is 0.261 e. The van der Waals surface area contributed by atoms with E-state index in [4.69, 9.17) is 0 Å². The molecule has 29 heavy (non-hydrogen) atoms. The van der Waals surface area contributed by atoms with Crippen molar-refractivity contribution in [2.75, 3.05) is 13.1 Å². The number of thiazole rings is 1. The molecular formula is C20H25N5O3S. The van der Waals surface area contributed by atoms with Crippen LogP contribution in [0.1, 0.15) is 46.4 Å². The molecule has 1 saturated heterocycles. The van der Waals surface area contributed by atoms with Crippen LogP contribution < -0.4 is 10.9 Å². The van der Waals surface area contributed by atoms with Gasteiger partial charge in [-0.15, -0.1) is 11.3 Å². The zero-order valence-electron chi connectivity index (χ0n) is 16.6. The number of rotatable bonds is 5. The predicted molar refractivity (Wildman–Crippen MR) is 111 cm³/mol. The summed E-state index contributed by atoms with van der Waals surface area (Å²) in [5, 5.41) is 13.0. The van der Waals surface area contributed by atoms with Gasteiger partial charge in [-0.3, -0.25) is 18.9 Å². The normalized spacial score (nSPS) is 20.2. The molecule has 154 valence electrons. The van der Waals surface area contributed by atoms with E-state index < -0.39 is 17.1 Å². The van der Waals surface area contributed by atoms with E-state index in [2.05, 4.69) is 20.2 Å². The maximum absolute atomic E-state index is 12.4. The first-order valence-electron chi connectivity index (χ1n) is 9.68. The second-order valence-electron chi connectivity index (χ2n) is 7.98. The molecule has 3 aromatic rings. The average Bonchev–Trinajstić information content (AvgIpc) is 3.15. The lowest BCUT2D eigenvalue weighted by Gasteiger charge is -2.36. The minimum Gasteiger partial charge on any atom is -0.389 e. The third-order valence-electron chi connectivity index (χ3n) is 5.11. The van der Waals surface area contributed by atoms with Gasteiger partial charge in [-0.2, -0.15) is 0 Å². The Labute approximate surface area is 172 Å². The summed E-state index contributed by atoms with van der Waals surface area (Å²) in [7, 11) is 0. The lowest BCUT2D eigenvalue weighted by atomic mass is 9.95. The number of β-amino-alcohol motifs (C(OH)–C–C–N with tert-alkyl or cyclic N) is 1. The fraction of sp³-hybridized carbons (Fsp3) is 0.450. The fourth-order valence-corrected chi connectivity index (χ4v) is 4.62. The maximum atomic E-state index is 12.4. The van der Waals surface area contributed by atoms with Gasteiger partial charge < -0.3 is 15.4 Å². The van der Waals surface area contributed by atoms with E-state index in [1.807, 2.05) is 30.6 Å². The molecule has 3 N–H and O–H groups in total. The Hall–Kier alpha value is -2.49. The average molecular weight is 416 g/mol. The number of imidazole rings is 1. The highest BCUT2D eigenvalue weighted by Crippen LogP contribution is 2.21. The van der Waals surface area contributed by atoms with E-state index in [0.29, 0.717) is 13.1 Å². The smallest absolute Gasteiger partial charge is 0.261 e. The van der Waals surface area contributed by atoms with Gasteiger partial charge in [0.25, 0.3) is 11.5 Å². The number of carbonyl (C=O) groups is 1. The molecule has 3 aromatic heterocycles. The van der Waals surface area contributed by atoms with E-state index in [1.165, 1.54) is 4.88 Å². The molecule has 0 spiro atoms. The molecule has 9 heteroatoms. The van der Waals surface area contributed by atoms with Crippen LogP contribution in [0.25, 0.3) is 4.96 Å². The summed E-state index contributed by atoms with van der Waals surface area (Å²) >= 11 is 1.59. The Morgan fingerprint density at radius 3 is 2.97 bits per heavy atom. The van der Waals surface area contributed by atoms with Crippen molar-refractivity contribution in [2.45, 2.75) is 45.4 Å². The number of H-pyrrole nitrogens is 1. The molecule has 4 rings (SSSR count). The van der Waals surface area contributed by atoms with Gasteiger partial charge in [-0.1, -0.05) is 0 Å². The third kappa shape index (κ3) is 4.58. The molecule has 0 aliphatic carbocycles. The summed E-state index contributed by atoms with van der Waals surface area (Å²) < 4.78 is 1.93. The van der Waals surface area contributed by atoms with Crippen LogP contribution in [0, 0.1) is 6.92 Å². The molecule has 0 aromatic carbocycles. The van der Waals surface area contributed by atoms with E-state index >= 15 is 0 Å². The third-order valence-corrected chi connectivity index (χ3v) is 6.03. The van der Waals surface area contributed by atoms with Crippen LogP contribution in [0.2, 0.25) is 0 Å². The topological polar surface area (TPSA) is 103 Å². The van der Waals surface area contributed by atoms with E-state index in [1.54, 1.807) is 23.5 Å². The van der Waals surface area contributed by atoms with Crippen molar-refractivity contribution in [1.82, 2.24) is 24.6 Å². The number of aliphatic hydroxyl groups is 1. The molecular weight excluding hydrogens is 390 g/mol. The summed E-state index contributed by atoms with van der Waals surface area (Å²) in [5.41, 5.74) is 0.448. The highest BCUT2D eigenvalue weighted by Gasteiger charge is 2.28. The monoisotopic (exact) mass is 415 g/mol. The van der Waals surface area contributed by atoms with Gasteiger partial charge in [0.2, 0.25) is 0 Å². The Morgan fingerprint density at radius 1 is 1.41 bits per heavy atom. The number of nitrogens with zero attached hydrogens (tertiary/aromatic N) is 3. The van der Waals surface area contributed by atoms with Crippen molar-refractivity contribution < 1.29 is 9.90 Å². The Morgan fingerprint density at radius 2 is 2.24 bits per heavy atom. The molecule has 0 bridgehead atoms. The number of carbonyl (C=O) groups excluding carboxylic acids is 1. The van der Waals surface area contributed by atoms with E-state index in [-0.39, 0.29) is 12.1 Å². The van der Waals surface area contributed by atoms with Crippen LogP contribution in [0.4, 0.5) is 0 Å². The zero-order valence-corrected chi connectivity index (χ0v) is 17.4. The second kappa shape index (κ2) is 7.74. The van der Waals surface area contributed by atoms with Crippen molar-refractivity contribution in [3.63, 3.8) is 0 Å². The molecule has 8 nitrogen and oxygen atoms in total. The van der Waals surface area contributed by atoms with Crippen molar-refractivity contribution in [3.05, 3.63) is 56.7 Å². The molecule has 1 unspecified atom stereocenters. The first-order chi connectivity index (χ1) is 13.8. The summed E-state index contributed by atoms with van der Waals surface area (Å²) in [6, 6.07) is 3.32. The van der Waals surface area contributed by atoms with Gasteiger partial charge in [0.15, 0.2) is 4.96 Å². The number of amides is 1. The Kier molecular flexibility index (Phi) is 5.28. The van der Waals surface area contributed by atoms with Gasteiger partial charge >= 0.3 is 0 Å². The number of nitrogens with one attached hydrogen (secondary N) is 2. The number of aromatic nitrogens is 3. The lowest BCUT2D eigenvalue weighted by molar-refractivity contribution is -0.0185. The van der Waals surface area contributed by atoms with Gasteiger partial charge in [-0.25, -0.2) is 4.98 Å². The van der Waals surface area contributed by atoms with E-state index in [0.717, 1.165) is 35.7 Å². The molecule has 4 heterocycles. The Bertz CT molecular complexity index is 1070. The highest BCUT2D eigenvalue weighted by molar-refractivity contribution is 7.16. The summed E-state index contributed by atoms with van der Waals surface area (Å²) in [4.78, 5) is 36.2. The number of likely N-dealkylation sites (tertiary alicyclic amines) is 1. The molecule has 1 atom stereocenters. The number of aromatic amines is 1. The SMILES string of the molecule is Cc1cn2cc(CNC(=O)c3ccc(CN4CCCC(C)(O)C4)[nH]c3=O)nc2s1. The highest BCUT2D eigenvalue weighted by atomic mass is 32.1. The van der Waals surface area contributed by atoms with Crippen LogP contribution in [-0.2, 0) is 13.1 Å². The Balaban J connectivity index is 1.38. The number of hydrogen-bond acceptors (Lipinski definition) is 6. The predicted octanol–water partition coefficient (Wildman–Crippen LogP) is 1.67. The zero-order chi connectivity index (χ0) is 20.6. The number of fused-ring (bicyclic) bond motifs is 1. The molecule has 1 aliphatic rings. The first kappa shape index (κ1) is 19.8. The quantitative estimate of drug-likeness (QED) is 0.588. The van der Waals surface area contributed by atoms with Gasteiger partial charge in [0.1, 0.15) is 5.56 Å². The summed E-state index contributed by atoms with van der Waals surface area (Å²) in [6.07, 6.45) is 5.57.